The van der Waals surface area contributed by atoms with Crippen molar-refractivity contribution in [2.75, 3.05) is 20.6 Å². The molecule has 13 heavy (non-hydrogen) atoms. The maximum atomic E-state index is 5.87. The van der Waals surface area contributed by atoms with Crippen LogP contribution in [0.2, 0.25) is 0 Å². The normalized spacial score (nSPS) is 41.1. The van der Waals surface area contributed by atoms with Gasteiger partial charge in [-0.25, -0.2) is 0 Å². The first-order chi connectivity index (χ1) is 6.00. The van der Waals surface area contributed by atoms with E-state index in [2.05, 4.69) is 32.8 Å². The summed E-state index contributed by atoms with van der Waals surface area (Å²) in [6.07, 6.45) is 2.74. The van der Waals surface area contributed by atoms with E-state index < -0.39 is 0 Å². The van der Waals surface area contributed by atoms with Gasteiger partial charge in [-0.05, 0) is 40.8 Å². The zero-order valence-electron chi connectivity index (χ0n) is 9.21. The highest BCUT2D eigenvalue weighted by Crippen LogP contribution is 2.31. The van der Waals surface area contributed by atoms with E-state index in [1.54, 1.807) is 0 Å². The lowest BCUT2D eigenvalue weighted by Crippen LogP contribution is -2.57. The van der Waals surface area contributed by atoms with E-state index in [-0.39, 0.29) is 5.54 Å². The second-order valence-electron chi connectivity index (χ2n) is 4.49. The largest absolute Gasteiger partial charge is 0.375 e. The molecule has 1 aliphatic rings. The molecule has 2 unspecified atom stereocenters. The number of ether oxygens (including phenoxy) is 1. The Morgan fingerprint density at radius 1 is 1.31 bits per heavy atom. The van der Waals surface area contributed by atoms with Crippen LogP contribution in [-0.2, 0) is 4.74 Å². The van der Waals surface area contributed by atoms with E-state index >= 15 is 0 Å². The fourth-order valence-electron chi connectivity index (χ4n) is 2.36. The molecule has 0 bridgehead atoms. The lowest BCUT2D eigenvalue weighted by Gasteiger charge is -2.46. The van der Waals surface area contributed by atoms with Gasteiger partial charge in [-0.15, -0.1) is 0 Å². The summed E-state index contributed by atoms with van der Waals surface area (Å²) in [4.78, 5) is 2.25. The molecule has 0 aromatic heterocycles. The molecule has 1 rings (SSSR count). The zero-order chi connectivity index (χ0) is 10.1. The fraction of sp³-hybridized carbons (Fsp3) is 1.00. The molecular formula is C10H22N2O. The highest BCUT2D eigenvalue weighted by Gasteiger charge is 2.39. The maximum Gasteiger partial charge on any atom is 0.0568 e. The van der Waals surface area contributed by atoms with E-state index in [1.807, 2.05) is 0 Å². The summed E-state index contributed by atoms with van der Waals surface area (Å²) >= 11 is 0. The second-order valence-corrected chi connectivity index (χ2v) is 4.49. The maximum absolute atomic E-state index is 5.87. The summed E-state index contributed by atoms with van der Waals surface area (Å²) in [6.45, 7) is 4.98. The average Bonchev–Trinajstić information content (AvgIpc) is 2.02. The summed E-state index contributed by atoms with van der Waals surface area (Å²) in [7, 11) is 4.22. The van der Waals surface area contributed by atoms with Gasteiger partial charge in [0, 0.05) is 12.1 Å². The number of likely N-dealkylation sites (N-methyl/N-ethyl adjacent to an activating group) is 1. The quantitative estimate of drug-likeness (QED) is 0.694. The molecule has 1 saturated heterocycles. The first-order valence-electron chi connectivity index (χ1n) is 5.03. The molecular weight excluding hydrogens is 164 g/mol. The number of nitrogens with two attached hydrogens (primary N) is 1. The third-order valence-electron chi connectivity index (χ3n) is 3.13. The molecule has 2 N–H and O–H groups in total. The van der Waals surface area contributed by atoms with Crippen molar-refractivity contribution in [3.8, 4) is 0 Å². The van der Waals surface area contributed by atoms with Gasteiger partial charge in [-0.3, -0.25) is 0 Å². The summed E-state index contributed by atoms with van der Waals surface area (Å²) in [6, 6.07) is 0. The number of hydrogen-bond donors (Lipinski definition) is 1. The highest BCUT2D eigenvalue weighted by atomic mass is 16.5. The van der Waals surface area contributed by atoms with Gasteiger partial charge >= 0.3 is 0 Å². The minimum Gasteiger partial charge on any atom is -0.375 e. The SMILES string of the molecule is CC1CC(CN)(N(C)C)CC(C)O1. The van der Waals surface area contributed by atoms with E-state index in [9.17, 15) is 0 Å². The molecule has 0 spiro atoms. The Labute approximate surface area is 81.2 Å². The van der Waals surface area contributed by atoms with Crippen molar-refractivity contribution >= 4 is 0 Å². The van der Waals surface area contributed by atoms with Crippen LogP contribution < -0.4 is 5.73 Å². The summed E-state index contributed by atoms with van der Waals surface area (Å²) < 4.78 is 5.71. The number of rotatable bonds is 2. The summed E-state index contributed by atoms with van der Waals surface area (Å²) in [5.41, 5.74) is 6.02. The predicted octanol–water partition coefficient (Wildman–Crippen LogP) is 0.833. The topological polar surface area (TPSA) is 38.5 Å². The smallest absolute Gasteiger partial charge is 0.0568 e. The minimum atomic E-state index is 0.150. The van der Waals surface area contributed by atoms with Crippen molar-refractivity contribution in [2.45, 2.75) is 44.4 Å². The second kappa shape index (κ2) is 3.95. The van der Waals surface area contributed by atoms with Crippen molar-refractivity contribution in [3.05, 3.63) is 0 Å². The molecule has 3 nitrogen and oxygen atoms in total. The van der Waals surface area contributed by atoms with Gasteiger partial charge < -0.3 is 15.4 Å². The first-order valence-corrected chi connectivity index (χ1v) is 5.03. The van der Waals surface area contributed by atoms with Gasteiger partial charge in [0.2, 0.25) is 0 Å². The average molecular weight is 186 g/mol. The van der Waals surface area contributed by atoms with Crippen molar-refractivity contribution in [1.29, 1.82) is 0 Å². The molecule has 2 atom stereocenters. The molecule has 0 aromatic rings. The van der Waals surface area contributed by atoms with Crippen molar-refractivity contribution < 1.29 is 4.74 Å². The van der Waals surface area contributed by atoms with Crippen molar-refractivity contribution in [1.82, 2.24) is 4.90 Å². The molecule has 1 aliphatic heterocycles. The molecule has 0 radical (unpaired) electrons. The first kappa shape index (κ1) is 11.0. The van der Waals surface area contributed by atoms with Crippen LogP contribution in [0.3, 0.4) is 0 Å². The Kier molecular flexibility index (Phi) is 3.33. The Balaban J connectivity index is 2.74. The summed E-state index contributed by atoms with van der Waals surface area (Å²) in [5.74, 6) is 0. The third-order valence-corrected chi connectivity index (χ3v) is 3.13. The highest BCUT2D eigenvalue weighted by molar-refractivity contribution is 4.95. The lowest BCUT2D eigenvalue weighted by molar-refractivity contribution is -0.0924. The Morgan fingerprint density at radius 2 is 1.77 bits per heavy atom. The van der Waals surface area contributed by atoms with Gasteiger partial charge in [-0.1, -0.05) is 0 Å². The van der Waals surface area contributed by atoms with Crippen LogP contribution in [-0.4, -0.2) is 43.3 Å². The van der Waals surface area contributed by atoms with E-state index in [0.717, 1.165) is 19.4 Å². The van der Waals surface area contributed by atoms with Crippen LogP contribution >= 0.6 is 0 Å². The van der Waals surface area contributed by atoms with Gasteiger partial charge in [-0.2, -0.15) is 0 Å². The molecule has 3 heteroatoms. The Morgan fingerprint density at radius 3 is 2.08 bits per heavy atom. The van der Waals surface area contributed by atoms with E-state index in [1.165, 1.54) is 0 Å². The van der Waals surface area contributed by atoms with Crippen LogP contribution in [0, 0.1) is 0 Å². The Hall–Kier alpha value is -0.120. The molecule has 1 fully saturated rings. The lowest BCUT2D eigenvalue weighted by atomic mass is 9.83. The van der Waals surface area contributed by atoms with Gasteiger partial charge in [0.1, 0.15) is 0 Å². The monoisotopic (exact) mass is 186 g/mol. The van der Waals surface area contributed by atoms with Gasteiger partial charge in [0.15, 0.2) is 0 Å². The fourth-order valence-corrected chi connectivity index (χ4v) is 2.36. The van der Waals surface area contributed by atoms with Crippen molar-refractivity contribution in [3.63, 3.8) is 0 Å². The zero-order valence-corrected chi connectivity index (χ0v) is 9.21. The van der Waals surface area contributed by atoms with Gasteiger partial charge in [0.05, 0.1) is 12.2 Å². The number of hydrogen-bond acceptors (Lipinski definition) is 3. The van der Waals surface area contributed by atoms with Gasteiger partial charge in [0.25, 0.3) is 0 Å². The predicted molar refractivity (Wildman–Crippen MR) is 54.7 cm³/mol. The Bertz CT molecular complexity index is 160. The van der Waals surface area contributed by atoms with Crippen LogP contribution in [0.1, 0.15) is 26.7 Å². The van der Waals surface area contributed by atoms with E-state index in [0.29, 0.717) is 12.2 Å². The molecule has 0 aromatic carbocycles. The molecule has 0 aliphatic carbocycles. The standard InChI is InChI=1S/C10H22N2O/c1-8-5-10(7-11,12(3)4)6-9(2)13-8/h8-9H,5-7,11H2,1-4H3. The summed E-state index contributed by atoms with van der Waals surface area (Å²) in [5, 5.41) is 0. The minimum absolute atomic E-state index is 0.150. The molecule has 0 saturated carbocycles. The number of nitrogens with zero attached hydrogens (tertiary/aromatic N) is 1. The van der Waals surface area contributed by atoms with Crippen LogP contribution in [0.4, 0.5) is 0 Å². The van der Waals surface area contributed by atoms with Crippen LogP contribution in [0.15, 0.2) is 0 Å². The van der Waals surface area contributed by atoms with Crippen LogP contribution in [0.25, 0.3) is 0 Å². The van der Waals surface area contributed by atoms with E-state index in [4.69, 9.17) is 10.5 Å². The third kappa shape index (κ3) is 2.22. The molecule has 78 valence electrons. The van der Waals surface area contributed by atoms with Crippen molar-refractivity contribution in [2.24, 2.45) is 5.73 Å². The van der Waals surface area contributed by atoms with Crippen LogP contribution in [0.5, 0.6) is 0 Å². The molecule has 0 amide bonds. The molecule has 1 heterocycles.